The average Bonchev–Trinajstić information content (AvgIpc) is 2.70. The third-order valence-electron chi connectivity index (χ3n) is 2.91. The average molecular weight is 165 g/mol. The Bertz CT molecular complexity index is 236. The second kappa shape index (κ2) is 2.35. The first-order valence-electron chi connectivity index (χ1n) is 4.56. The summed E-state index contributed by atoms with van der Waals surface area (Å²) in [5, 5.41) is 0. The van der Waals surface area contributed by atoms with E-state index >= 15 is 0 Å². The first-order chi connectivity index (χ1) is 5.63. The molecule has 1 saturated carbocycles. The number of rotatable bonds is 4. The molecule has 2 heteroatoms. The fourth-order valence-electron chi connectivity index (χ4n) is 2.14. The van der Waals surface area contributed by atoms with Crippen LogP contribution >= 0.6 is 0 Å². The summed E-state index contributed by atoms with van der Waals surface area (Å²) < 4.78 is 0. The maximum absolute atomic E-state index is 10.7. The molecule has 0 amide bonds. The van der Waals surface area contributed by atoms with E-state index in [2.05, 4.69) is 11.5 Å². The normalized spacial score (nSPS) is 35.8. The number of nitrogens with zero attached hydrogens (tertiary/aromatic N) is 1. The Kier molecular flexibility index (Phi) is 1.53. The summed E-state index contributed by atoms with van der Waals surface area (Å²) in [7, 11) is 0. The van der Waals surface area contributed by atoms with Crippen molar-refractivity contribution >= 4 is 5.78 Å². The molecule has 0 bridgehead atoms. The van der Waals surface area contributed by atoms with Crippen molar-refractivity contribution in [3.63, 3.8) is 0 Å². The first kappa shape index (κ1) is 7.84. The van der Waals surface area contributed by atoms with Crippen LogP contribution in [-0.4, -0.2) is 22.8 Å². The minimum absolute atomic E-state index is 0.322. The van der Waals surface area contributed by atoms with Gasteiger partial charge in [-0.3, -0.25) is 0 Å². The SMILES string of the molecule is C=C(C)N1C2C(CCC(C)=O)C21. The predicted octanol–water partition coefficient (Wildman–Crippen LogP) is 1.57. The highest BCUT2D eigenvalue weighted by Gasteiger charge is 2.71. The molecule has 1 heterocycles. The van der Waals surface area contributed by atoms with Crippen molar-refractivity contribution in [3.8, 4) is 0 Å². The lowest BCUT2D eigenvalue weighted by molar-refractivity contribution is -0.117. The molecule has 0 aromatic rings. The lowest BCUT2D eigenvalue weighted by Gasteiger charge is -2.15. The smallest absolute Gasteiger partial charge is 0.129 e. The van der Waals surface area contributed by atoms with E-state index in [1.165, 1.54) is 5.70 Å². The van der Waals surface area contributed by atoms with Crippen LogP contribution in [0.3, 0.4) is 0 Å². The molecular weight excluding hydrogens is 150 g/mol. The molecule has 0 radical (unpaired) electrons. The van der Waals surface area contributed by atoms with E-state index in [1.807, 2.05) is 6.92 Å². The molecule has 2 nitrogen and oxygen atoms in total. The zero-order chi connectivity index (χ0) is 8.88. The van der Waals surface area contributed by atoms with E-state index in [0.717, 1.165) is 30.8 Å². The molecule has 1 saturated heterocycles. The summed E-state index contributed by atoms with van der Waals surface area (Å²) in [4.78, 5) is 13.0. The van der Waals surface area contributed by atoms with Gasteiger partial charge in [-0.25, -0.2) is 0 Å². The Hall–Kier alpha value is -0.790. The van der Waals surface area contributed by atoms with Crippen molar-refractivity contribution < 1.29 is 4.79 Å². The van der Waals surface area contributed by atoms with Gasteiger partial charge in [-0.1, -0.05) is 6.58 Å². The zero-order valence-corrected chi connectivity index (χ0v) is 7.71. The van der Waals surface area contributed by atoms with Crippen molar-refractivity contribution in [2.24, 2.45) is 5.92 Å². The number of carbonyl (C=O) groups is 1. The quantitative estimate of drug-likeness (QED) is 0.589. The fraction of sp³-hybridized carbons (Fsp3) is 0.700. The van der Waals surface area contributed by atoms with E-state index in [9.17, 15) is 4.79 Å². The second-order valence-electron chi connectivity index (χ2n) is 4.03. The third-order valence-corrected chi connectivity index (χ3v) is 2.91. The van der Waals surface area contributed by atoms with Crippen LogP contribution in [-0.2, 0) is 4.79 Å². The van der Waals surface area contributed by atoms with Gasteiger partial charge in [0.25, 0.3) is 0 Å². The van der Waals surface area contributed by atoms with Crippen LogP contribution < -0.4 is 0 Å². The van der Waals surface area contributed by atoms with Gasteiger partial charge in [0.05, 0.1) is 12.1 Å². The van der Waals surface area contributed by atoms with Crippen LogP contribution in [0.1, 0.15) is 26.7 Å². The second-order valence-corrected chi connectivity index (χ2v) is 4.03. The summed E-state index contributed by atoms with van der Waals surface area (Å²) in [5.74, 6) is 1.13. The molecule has 1 aliphatic heterocycles. The van der Waals surface area contributed by atoms with E-state index in [4.69, 9.17) is 0 Å². The van der Waals surface area contributed by atoms with Gasteiger partial charge in [0, 0.05) is 18.0 Å². The van der Waals surface area contributed by atoms with Gasteiger partial charge < -0.3 is 9.69 Å². The molecule has 2 atom stereocenters. The van der Waals surface area contributed by atoms with E-state index < -0.39 is 0 Å². The highest BCUT2D eigenvalue weighted by Crippen LogP contribution is 2.60. The standard InChI is InChI=1S/C10H15NO/c1-6(2)11-9-8(10(9)11)5-4-7(3)12/h8-10H,1,4-5H2,2-3H3. The predicted molar refractivity (Wildman–Crippen MR) is 47.6 cm³/mol. The van der Waals surface area contributed by atoms with E-state index in [1.54, 1.807) is 6.92 Å². The largest absolute Gasteiger partial charge is 0.365 e. The minimum atomic E-state index is 0.322. The lowest BCUT2D eigenvalue weighted by Crippen LogP contribution is -2.15. The third kappa shape index (κ3) is 1.06. The zero-order valence-electron chi connectivity index (χ0n) is 7.71. The molecule has 66 valence electrons. The van der Waals surface area contributed by atoms with Gasteiger partial charge in [0.2, 0.25) is 0 Å². The summed E-state index contributed by atoms with van der Waals surface area (Å²) in [6.45, 7) is 7.61. The Morgan fingerprint density at radius 3 is 2.42 bits per heavy atom. The molecule has 0 spiro atoms. The Morgan fingerprint density at radius 1 is 1.42 bits per heavy atom. The van der Waals surface area contributed by atoms with Gasteiger partial charge in [-0.15, -0.1) is 0 Å². The highest BCUT2D eigenvalue weighted by atomic mass is 16.1. The monoisotopic (exact) mass is 165 g/mol. The molecule has 0 aromatic carbocycles. The van der Waals surface area contributed by atoms with Crippen LogP contribution in [0.2, 0.25) is 0 Å². The van der Waals surface area contributed by atoms with Crippen molar-refractivity contribution in [1.29, 1.82) is 0 Å². The summed E-state index contributed by atoms with van der Waals surface area (Å²) >= 11 is 0. The maximum Gasteiger partial charge on any atom is 0.129 e. The molecule has 2 unspecified atom stereocenters. The van der Waals surface area contributed by atoms with E-state index in [-0.39, 0.29) is 0 Å². The number of hydrogen-bond acceptors (Lipinski definition) is 2. The Balaban J connectivity index is 1.67. The van der Waals surface area contributed by atoms with Crippen molar-refractivity contribution in [3.05, 3.63) is 12.3 Å². The molecule has 2 rings (SSSR count). The van der Waals surface area contributed by atoms with Crippen LogP contribution in [0.5, 0.6) is 0 Å². The van der Waals surface area contributed by atoms with Gasteiger partial charge >= 0.3 is 0 Å². The molecule has 2 aliphatic rings. The first-order valence-corrected chi connectivity index (χ1v) is 4.56. The number of fused-ring (bicyclic) bond motifs is 1. The van der Waals surface area contributed by atoms with Gasteiger partial charge in [0.15, 0.2) is 0 Å². The van der Waals surface area contributed by atoms with Gasteiger partial charge in [0.1, 0.15) is 5.78 Å². The Morgan fingerprint density at radius 2 is 2.00 bits per heavy atom. The number of hydrogen-bond donors (Lipinski definition) is 0. The topological polar surface area (TPSA) is 20.1 Å². The molecule has 12 heavy (non-hydrogen) atoms. The summed E-state index contributed by atoms with van der Waals surface area (Å²) in [5.41, 5.74) is 1.18. The van der Waals surface area contributed by atoms with Crippen LogP contribution in [0, 0.1) is 5.92 Å². The van der Waals surface area contributed by atoms with Crippen LogP contribution in [0.4, 0.5) is 0 Å². The molecule has 0 N–H and O–H groups in total. The maximum atomic E-state index is 10.7. The van der Waals surface area contributed by atoms with Crippen LogP contribution in [0.25, 0.3) is 0 Å². The number of likely N-dealkylation sites (tertiary alicyclic amines) is 1. The van der Waals surface area contributed by atoms with Gasteiger partial charge in [-0.05, 0) is 20.3 Å². The molecule has 1 aliphatic carbocycles. The number of carbonyl (C=O) groups excluding carboxylic acids is 1. The van der Waals surface area contributed by atoms with E-state index in [0.29, 0.717) is 5.78 Å². The lowest BCUT2D eigenvalue weighted by atomic mass is 10.1. The van der Waals surface area contributed by atoms with Crippen molar-refractivity contribution in [2.75, 3.05) is 0 Å². The number of ketones is 1. The summed E-state index contributed by atoms with van der Waals surface area (Å²) in [6, 6.07) is 1.53. The number of allylic oxidation sites excluding steroid dienone is 1. The fourth-order valence-corrected chi connectivity index (χ4v) is 2.14. The highest BCUT2D eigenvalue weighted by molar-refractivity contribution is 5.75. The minimum Gasteiger partial charge on any atom is -0.365 e. The van der Waals surface area contributed by atoms with Gasteiger partial charge in [-0.2, -0.15) is 0 Å². The van der Waals surface area contributed by atoms with Crippen molar-refractivity contribution in [2.45, 2.75) is 38.8 Å². The number of Topliss-reactive ketones (excluding diaryl/α,β-unsaturated/α-hetero) is 1. The molecule has 0 aromatic heterocycles. The van der Waals surface area contributed by atoms with Crippen LogP contribution in [0.15, 0.2) is 12.3 Å². The van der Waals surface area contributed by atoms with Crippen molar-refractivity contribution in [1.82, 2.24) is 4.90 Å². The molecule has 2 fully saturated rings. The summed E-state index contributed by atoms with van der Waals surface area (Å²) in [6.07, 6.45) is 1.86. The Labute approximate surface area is 73.2 Å². The molecular formula is C10H15NO.